The van der Waals surface area contributed by atoms with Crippen molar-refractivity contribution in [1.82, 2.24) is 4.98 Å². The number of nitrogens with two attached hydrogens (primary N) is 1. The normalized spacial score (nSPS) is 11.4. The number of aromatic nitrogens is 1. The van der Waals surface area contributed by atoms with Gasteiger partial charge in [0.25, 0.3) is 10.0 Å². The van der Waals surface area contributed by atoms with Gasteiger partial charge in [-0.2, -0.15) is 0 Å². The molecule has 8 heteroatoms. The van der Waals surface area contributed by atoms with Crippen LogP contribution in [0.15, 0.2) is 22.4 Å². The van der Waals surface area contributed by atoms with Crippen molar-refractivity contribution in [3.8, 4) is 0 Å². The van der Waals surface area contributed by atoms with Gasteiger partial charge in [-0.15, -0.1) is 11.3 Å². The Hall–Kier alpha value is -1.93. The molecule has 0 saturated heterocycles. The number of hydrogen-bond acceptors (Lipinski definition) is 6. The maximum absolute atomic E-state index is 12.4. The van der Waals surface area contributed by atoms with E-state index in [9.17, 15) is 13.2 Å². The lowest BCUT2D eigenvalue weighted by molar-refractivity contribution is 0.101. The first-order chi connectivity index (χ1) is 9.70. The predicted octanol–water partition coefficient (Wildman–Crippen LogP) is 2.35. The SMILES string of the molecule is CC(=O)c1csc(NS(=O)(=O)c2cc(N)cc(C)c2C)n1. The van der Waals surface area contributed by atoms with E-state index in [1.54, 1.807) is 19.9 Å². The van der Waals surface area contributed by atoms with Crippen LogP contribution in [0.4, 0.5) is 10.8 Å². The summed E-state index contributed by atoms with van der Waals surface area (Å²) in [7, 11) is -3.79. The van der Waals surface area contributed by atoms with E-state index in [1.165, 1.54) is 18.4 Å². The molecule has 1 aromatic carbocycles. The average Bonchev–Trinajstić information content (AvgIpc) is 2.81. The molecule has 2 rings (SSSR count). The second-order valence-electron chi connectivity index (χ2n) is 4.66. The number of sulfonamides is 1. The average molecular weight is 325 g/mol. The molecular weight excluding hydrogens is 310 g/mol. The minimum atomic E-state index is -3.79. The largest absolute Gasteiger partial charge is 0.399 e. The Morgan fingerprint density at radius 2 is 2.00 bits per heavy atom. The first kappa shape index (κ1) is 15.5. The van der Waals surface area contributed by atoms with Gasteiger partial charge in [-0.3, -0.25) is 9.52 Å². The van der Waals surface area contributed by atoms with E-state index >= 15 is 0 Å². The highest BCUT2D eigenvalue weighted by molar-refractivity contribution is 7.93. The van der Waals surface area contributed by atoms with Crippen molar-refractivity contribution < 1.29 is 13.2 Å². The lowest BCUT2D eigenvalue weighted by Crippen LogP contribution is -2.15. The number of nitrogen functional groups attached to an aromatic ring is 1. The molecule has 21 heavy (non-hydrogen) atoms. The lowest BCUT2D eigenvalue weighted by Gasteiger charge is -2.11. The second-order valence-corrected chi connectivity index (χ2v) is 7.17. The van der Waals surface area contributed by atoms with Crippen LogP contribution in [-0.2, 0) is 10.0 Å². The highest BCUT2D eigenvalue weighted by Gasteiger charge is 2.20. The van der Waals surface area contributed by atoms with E-state index in [2.05, 4.69) is 9.71 Å². The zero-order valence-electron chi connectivity index (χ0n) is 11.8. The molecule has 0 aliphatic heterocycles. The molecule has 0 saturated carbocycles. The topological polar surface area (TPSA) is 102 Å². The Morgan fingerprint density at radius 1 is 1.33 bits per heavy atom. The van der Waals surface area contributed by atoms with Crippen molar-refractivity contribution in [2.45, 2.75) is 25.7 Å². The molecule has 0 unspecified atom stereocenters. The summed E-state index contributed by atoms with van der Waals surface area (Å²) in [6.07, 6.45) is 0. The number of carbonyl (C=O) groups excluding carboxylic acids is 1. The number of nitrogens with zero attached hydrogens (tertiary/aromatic N) is 1. The van der Waals surface area contributed by atoms with Crippen LogP contribution in [0.25, 0.3) is 0 Å². The van der Waals surface area contributed by atoms with Crippen LogP contribution in [0.3, 0.4) is 0 Å². The minimum Gasteiger partial charge on any atom is -0.399 e. The summed E-state index contributed by atoms with van der Waals surface area (Å²) >= 11 is 1.06. The standard InChI is InChI=1S/C13H15N3O3S2/c1-7-4-10(14)5-12(8(7)2)21(18,19)16-13-15-11(6-20-13)9(3)17/h4-6H,14H2,1-3H3,(H,15,16). The number of aryl methyl sites for hydroxylation is 1. The fourth-order valence-electron chi connectivity index (χ4n) is 1.79. The summed E-state index contributed by atoms with van der Waals surface area (Å²) in [4.78, 5) is 15.2. The van der Waals surface area contributed by atoms with Crippen molar-refractivity contribution in [2.24, 2.45) is 0 Å². The van der Waals surface area contributed by atoms with E-state index in [0.29, 0.717) is 11.3 Å². The second kappa shape index (κ2) is 5.45. The molecule has 0 aliphatic carbocycles. The van der Waals surface area contributed by atoms with Crippen LogP contribution >= 0.6 is 11.3 Å². The van der Waals surface area contributed by atoms with E-state index in [0.717, 1.165) is 16.9 Å². The number of thiazole rings is 1. The molecule has 2 aromatic rings. The third-order valence-electron chi connectivity index (χ3n) is 3.02. The van der Waals surface area contributed by atoms with Crippen molar-refractivity contribution >= 4 is 38.0 Å². The Balaban J connectivity index is 2.40. The first-order valence-corrected chi connectivity index (χ1v) is 8.43. The number of anilines is 2. The number of Topliss-reactive ketones (excluding diaryl/α,β-unsaturated/α-hetero) is 1. The van der Waals surface area contributed by atoms with Gasteiger partial charge < -0.3 is 5.73 Å². The smallest absolute Gasteiger partial charge is 0.264 e. The van der Waals surface area contributed by atoms with Crippen LogP contribution < -0.4 is 10.5 Å². The fraction of sp³-hybridized carbons (Fsp3) is 0.231. The van der Waals surface area contributed by atoms with Crippen molar-refractivity contribution in [2.75, 3.05) is 10.5 Å². The maximum atomic E-state index is 12.4. The van der Waals surface area contributed by atoms with Crippen LogP contribution in [0, 0.1) is 13.8 Å². The minimum absolute atomic E-state index is 0.111. The van der Waals surface area contributed by atoms with Crippen molar-refractivity contribution in [1.29, 1.82) is 0 Å². The number of hydrogen-bond donors (Lipinski definition) is 2. The number of benzene rings is 1. The van der Waals surface area contributed by atoms with Gasteiger partial charge in [0.15, 0.2) is 10.9 Å². The van der Waals surface area contributed by atoms with Gasteiger partial charge in [-0.25, -0.2) is 13.4 Å². The number of nitrogens with one attached hydrogen (secondary N) is 1. The summed E-state index contributed by atoms with van der Waals surface area (Å²) in [5.41, 5.74) is 7.74. The first-order valence-electron chi connectivity index (χ1n) is 6.06. The molecule has 0 spiro atoms. The van der Waals surface area contributed by atoms with E-state index in [4.69, 9.17) is 5.73 Å². The zero-order valence-corrected chi connectivity index (χ0v) is 13.4. The molecule has 0 bridgehead atoms. The molecule has 1 heterocycles. The highest BCUT2D eigenvalue weighted by atomic mass is 32.2. The molecule has 6 nitrogen and oxygen atoms in total. The number of ketones is 1. The number of rotatable bonds is 4. The molecule has 0 radical (unpaired) electrons. The van der Waals surface area contributed by atoms with Gasteiger partial charge in [-0.05, 0) is 37.1 Å². The Kier molecular flexibility index (Phi) is 4.02. The van der Waals surface area contributed by atoms with Gasteiger partial charge in [0, 0.05) is 18.0 Å². The van der Waals surface area contributed by atoms with Gasteiger partial charge in [0.05, 0.1) is 4.90 Å². The highest BCUT2D eigenvalue weighted by Crippen LogP contribution is 2.26. The Morgan fingerprint density at radius 3 is 2.57 bits per heavy atom. The Labute approximate surface area is 127 Å². The van der Waals surface area contributed by atoms with Gasteiger partial charge in [0.2, 0.25) is 0 Å². The molecule has 0 fully saturated rings. The van der Waals surface area contributed by atoms with Crippen LogP contribution in [0.2, 0.25) is 0 Å². The van der Waals surface area contributed by atoms with Crippen LogP contribution in [0.1, 0.15) is 28.5 Å². The quantitative estimate of drug-likeness (QED) is 0.663. The van der Waals surface area contributed by atoms with Crippen molar-refractivity contribution in [3.63, 3.8) is 0 Å². The third kappa shape index (κ3) is 3.22. The Bertz CT molecular complexity index is 810. The van der Waals surface area contributed by atoms with Crippen molar-refractivity contribution in [3.05, 3.63) is 34.3 Å². The molecule has 1 aromatic heterocycles. The van der Waals surface area contributed by atoms with E-state index in [-0.39, 0.29) is 21.5 Å². The lowest BCUT2D eigenvalue weighted by atomic mass is 10.1. The summed E-state index contributed by atoms with van der Waals surface area (Å²) in [5.74, 6) is -0.215. The van der Waals surface area contributed by atoms with Crippen LogP contribution in [-0.4, -0.2) is 19.2 Å². The van der Waals surface area contributed by atoms with Gasteiger partial charge in [-0.1, -0.05) is 0 Å². The third-order valence-corrected chi connectivity index (χ3v) is 5.37. The fourth-order valence-corrected chi connectivity index (χ4v) is 4.14. The summed E-state index contributed by atoms with van der Waals surface area (Å²) in [5, 5.41) is 1.66. The molecule has 0 aliphatic rings. The summed E-state index contributed by atoms with van der Waals surface area (Å²) < 4.78 is 27.2. The molecule has 0 amide bonds. The van der Waals surface area contributed by atoms with Gasteiger partial charge in [0.1, 0.15) is 5.69 Å². The summed E-state index contributed by atoms with van der Waals surface area (Å²) in [6, 6.07) is 3.12. The molecule has 112 valence electrons. The number of carbonyl (C=O) groups is 1. The molecule has 3 N–H and O–H groups in total. The maximum Gasteiger partial charge on any atom is 0.264 e. The zero-order chi connectivity index (χ0) is 15.8. The van der Waals surface area contributed by atoms with Gasteiger partial charge >= 0.3 is 0 Å². The molecule has 0 atom stereocenters. The summed E-state index contributed by atoms with van der Waals surface area (Å²) in [6.45, 7) is 4.88. The van der Waals surface area contributed by atoms with E-state index in [1.807, 2.05) is 0 Å². The predicted molar refractivity (Wildman–Crippen MR) is 83.3 cm³/mol. The molecular formula is C13H15N3O3S2. The monoisotopic (exact) mass is 325 g/mol. The van der Waals surface area contributed by atoms with E-state index < -0.39 is 10.0 Å². The van der Waals surface area contributed by atoms with Crippen LogP contribution in [0.5, 0.6) is 0 Å².